The Bertz CT molecular complexity index is 233. The number of amides is 1. The molecule has 1 amide bonds. The van der Waals surface area contributed by atoms with Crippen LogP contribution in [0.25, 0.3) is 0 Å². The fourth-order valence-electron chi connectivity index (χ4n) is 1.75. The van der Waals surface area contributed by atoms with E-state index in [1.54, 1.807) is 0 Å². The van der Waals surface area contributed by atoms with Crippen LogP contribution in [-0.2, 0) is 4.79 Å². The van der Waals surface area contributed by atoms with E-state index in [1.807, 2.05) is 20.8 Å². The molecule has 0 aromatic carbocycles. The Morgan fingerprint density at radius 1 is 1.60 bits per heavy atom. The predicted molar refractivity (Wildman–Crippen MR) is 59.5 cm³/mol. The molecule has 0 aliphatic carbocycles. The molecule has 0 radical (unpaired) electrons. The highest BCUT2D eigenvalue weighted by molar-refractivity contribution is 5.83. The van der Waals surface area contributed by atoms with E-state index in [4.69, 9.17) is 5.11 Å². The second-order valence-corrected chi connectivity index (χ2v) is 5.34. The molecule has 1 saturated heterocycles. The normalized spacial score (nSPS) is 27.5. The lowest BCUT2D eigenvalue weighted by Gasteiger charge is -2.36. The first-order chi connectivity index (χ1) is 6.90. The van der Waals surface area contributed by atoms with Crippen LogP contribution < -0.4 is 10.6 Å². The topological polar surface area (TPSA) is 61.4 Å². The van der Waals surface area contributed by atoms with Gasteiger partial charge in [0, 0.05) is 6.54 Å². The minimum Gasteiger partial charge on any atom is -0.394 e. The molecule has 0 saturated carbocycles. The lowest BCUT2D eigenvalue weighted by molar-refractivity contribution is -0.133. The quantitative estimate of drug-likeness (QED) is 0.631. The van der Waals surface area contributed by atoms with Gasteiger partial charge in [-0.2, -0.15) is 0 Å². The highest BCUT2D eigenvalue weighted by atomic mass is 16.3. The van der Waals surface area contributed by atoms with Gasteiger partial charge < -0.3 is 15.7 Å². The van der Waals surface area contributed by atoms with E-state index < -0.39 is 5.54 Å². The SMILES string of the molecule is CC(C)(CO)NC(=O)C1(C)CCCNC1. The number of nitrogens with one attached hydrogen (secondary N) is 2. The van der Waals surface area contributed by atoms with Gasteiger partial charge in [-0.3, -0.25) is 4.79 Å². The summed E-state index contributed by atoms with van der Waals surface area (Å²) in [7, 11) is 0. The molecule has 15 heavy (non-hydrogen) atoms. The molecule has 1 rings (SSSR count). The van der Waals surface area contributed by atoms with E-state index >= 15 is 0 Å². The first-order valence-corrected chi connectivity index (χ1v) is 5.54. The van der Waals surface area contributed by atoms with Crippen molar-refractivity contribution in [3.63, 3.8) is 0 Å². The minimum absolute atomic E-state index is 0.0359. The summed E-state index contributed by atoms with van der Waals surface area (Å²) in [5.74, 6) is 0.0359. The molecule has 0 aromatic heterocycles. The maximum absolute atomic E-state index is 12.0. The molecule has 1 atom stereocenters. The summed E-state index contributed by atoms with van der Waals surface area (Å²) in [6, 6.07) is 0. The average molecular weight is 214 g/mol. The fourth-order valence-corrected chi connectivity index (χ4v) is 1.75. The number of rotatable bonds is 3. The summed E-state index contributed by atoms with van der Waals surface area (Å²) >= 11 is 0. The van der Waals surface area contributed by atoms with Crippen molar-refractivity contribution >= 4 is 5.91 Å². The molecule has 3 N–H and O–H groups in total. The van der Waals surface area contributed by atoms with Gasteiger partial charge in [0.25, 0.3) is 0 Å². The summed E-state index contributed by atoms with van der Waals surface area (Å²) in [4.78, 5) is 12.0. The number of aliphatic hydroxyl groups is 1. The standard InChI is InChI=1S/C11H22N2O2/c1-10(2,8-14)13-9(15)11(3)5-4-6-12-7-11/h12,14H,4-8H2,1-3H3,(H,13,15). The second-order valence-electron chi connectivity index (χ2n) is 5.34. The third kappa shape index (κ3) is 3.18. The number of piperidine rings is 1. The molecule has 1 unspecified atom stereocenters. The zero-order chi connectivity index (χ0) is 11.5. The van der Waals surface area contributed by atoms with Crippen LogP contribution in [0.15, 0.2) is 0 Å². The molecule has 0 aromatic rings. The van der Waals surface area contributed by atoms with Crippen LogP contribution in [0.1, 0.15) is 33.6 Å². The summed E-state index contributed by atoms with van der Waals surface area (Å²) < 4.78 is 0. The van der Waals surface area contributed by atoms with Gasteiger partial charge in [0.05, 0.1) is 17.6 Å². The smallest absolute Gasteiger partial charge is 0.227 e. The van der Waals surface area contributed by atoms with E-state index in [2.05, 4.69) is 10.6 Å². The zero-order valence-corrected chi connectivity index (χ0v) is 9.89. The first kappa shape index (κ1) is 12.5. The maximum Gasteiger partial charge on any atom is 0.227 e. The lowest BCUT2D eigenvalue weighted by Crippen LogP contribution is -2.55. The monoisotopic (exact) mass is 214 g/mol. The van der Waals surface area contributed by atoms with E-state index in [1.165, 1.54) is 0 Å². The number of carbonyl (C=O) groups excluding carboxylic acids is 1. The summed E-state index contributed by atoms with van der Waals surface area (Å²) in [6.45, 7) is 7.30. The van der Waals surface area contributed by atoms with Crippen molar-refractivity contribution in [1.82, 2.24) is 10.6 Å². The zero-order valence-electron chi connectivity index (χ0n) is 9.89. The Balaban J connectivity index is 2.59. The molecule has 1 heterocycles. The minimum atomic E-state index is -0.530. The van der Waals surface area contributed by atoms with Gasteiger partial charge in [-0.25, -0.2) is 0 Å². The van der Waals surface area contributed by atoms with E-state index in [-0.39, 0.29) is 17.9 Å². The van der Waals surface area contributed by atoms with Crippen LogP contribution in [0.5, 0.6) is 0 Å². The Morgan fingerprint density at radius 2 is 2.27 bits per heavy atom. The van der Waals surface area contributed by atoms with Crippen LogP contribution in [-0.4, -0.2) is 36.2 Å². The van der Waals surface area contributed by atoms with Crippen LogP contribution >= 0.6 is 0 Å². The van der Waals surface area contributed by atoms with Crippen LogP contribution in [0.2, 0.25) is 0 Å². The van der Waals surface area contributed by atoms with Gasteiger partial charge in [0.2, 0.25) is 5.91 Å². The first-order valence-electron chi connectivity index (χ1n) is 5.54. The maximum atomic E-state index is 12.0. The largest absolute Gasteiger partial charge is 0.394 e. The second kappa shape index (κ2) is 4.49. The van der Waals surface area contributed by atoms with Gasteiger partial charge in [-0.15, -0.1) is 0 Å². The van der Waals surface area contributed by atoms with Gasteiger partial charge in [0.1, 0.15) is 0 Å². The van der Waals surface area contributed by atoms with E-state index in [9.17, 15) is 4.79 Å². The Morgan fingerprint density at radius 3 is 2.73 bits per heavy atom. The molecule has 4 heteroatoms. The van der Waals surface area contributed by atoms with Crippen LogP contribution in [0.4, 0.5) is 0 Å². The Kier molecular flexibility index (Phi) is 3.73. The third-order valence-corrected chi connectivity index (χ3v) is 2.99. The molecule has 1 aliphatic rings. The van der Waals surface area contributed by atoms with Gasteiger partial charge in [-0.05, 0) is 40.2 Å². The molecule has 88 valence electrons. The van der Waals surface area contributed by atoms with Crippen molar-refractivity contribution in [3.8, 4) is 0 Å². The molecule has 4 nitrogen and oxygen atoms in total. The van der Waals surface area contributed by atoms with Gasteiger partial charge in [-0.1, -0.05) is 0 Å². The molecule has 1 aliphatic heterocycles. The predicted octanol–water partition coefficient (Wildman–Crippen LogP) is 0.263. The highest BCUT2D eigenvalue weighted by Gasteiger charge is 2.36. The molecular formula is C11H22N2O2. The molecule has 0 spiro atoms. The van der Waals surface area contributed by atoms with Crippen molar-refractivity contribution in [3.05, 3.63) is 0 Å². The van der Waals surface area contributed by atoms with Gasteiger partial charge in [0.15, 0.2) is 0 Å². The van der Waals surface area contributed by atoms with Gasteiger partial charge >= 0.3 is 0 Å². The van der Waals surface area contributed by atoms with Crippen molar-refractivity contribution in [1.29, 1.82) is 0 Å². The molecular weight excluding hydrogens is 192 g/mol. The summed E-state index contributed by atoms with van der Waals surface area (Å²) in [5.41, 5.74) is -0.859. The average Bonchev–Trinajstić information content (AvgIpc) is 2.18. The highest BCUT2D eigenvalue weighted by Crippen LogP contribution is 2.26. The third-order valence-electron chi connectivity index (χ3n) is 2.99. The number of carbonyl (C=O) groups is 1. The number of hydrogen-bond donors (Lipinski definition) is 3. The Labute approximate surface area is 91.4 Å². The van der Waals surface area contributed by atoms with Crippen molar-refractivity contribution in [2.24, 2.45) is 5.41 Å². The summed E-state index contributed by atoms with van der Waals surface area (Å²) in [5, 5.41) is 15.2. The Hall–Kier alpha value is -0.610. The van der Waals surface area contributed by atoms with E-state index in [0.29, 0.717) is 0 Å². The van der Waals surface area contributed by atoms with Crippen molar-refractivity contribution in [2.45, 2.75) is 39.2 Å². The molecule has 0 bridgehead atoms. The number of aliphatic hydroxyl groups excluding tert-OH is 1. The summed E-state index contributed by atoms with van der Waals surface area (Å²) in [6.07, 6.45) is 1.94. The van der Waals surface area contributed by atoms with Crippen molar-refractivity contribution < 1.29 is 9.90 Å². The fraction of sp³-hybridized carbons (Fsp3) is 0.909. The lowest BCUT2D eigenvalue weighted by atomic mass is 9.81. The van der Waals surface area contributed by atoms with E-state index in [0.717, 1.165) is 25.9 Å². The molecule has 1 fully saturated rings. The van der Waals surface area contributed by atoms with Crippen LogP contribution in [0, 0.1) is 5.41 Å². The van der Waals surface area contributed by atoms with Crippen LogP contribution in [0.3, 0.4) is 0 Å². The number of hydrogen-bond acceptors (Lipinski definition) is 3. The van der Waals surface area contributed by atoms with Crippen molar-refractivity contribution in [2.75, 3.05) is 19.7 Å².